The summed E-state index contributed by atoms with van der Waals surface area (Å²) in [5.74, 6) is 0.947. The third-order valence-corrected chi connectivity index (χ3v) is 2.86. The molecular weight excluding hydrogens is 285 g/mol. The Kier molecular flexibility index (Phi) is 6.52. The standard InChI is InChI=1S/C13H19BrFNO/c1-10(2)9-16-6-3-7-17-13-8-11(15)4-5-12(13)14/h4-5,8,10,16H,3,6-7,9H2,1-2H3. The smallest absolute Gasteiger partial charge is 0.136 e. The Balaban J connectivity index is 2.20. The number of halogens is 2. The maximum atomic E-state index is 13.0. The van der Waals surface area contributed by atoms with Gasteiger partial charge in [-0.3, -0.25) is 0 Å². The van der Waals surface area contributed by atoms with Crippen LogP contribution in [0.25, 0.3) is 0 Å². The fraction of sp³-hybridized carbons (Fsp3) is 0.538. The van der Waals surface area contributed by atoms with Crippen molar-refractivity contribution in [2.45, 2.75) is 20.3 Å². The summed E-state index contributed by atoms with van der Waals surface area (Å²) in [4.78, 5) is 0. The largest absolute Gasteiger partial charge is 0.492 e. The minimum absolute atomic E-state index is 0.277. The van der Waals surface area contributed by atoms with Gasteiger partial charge in [-0.15, -0.1) is 0 Å². The van der Waals surface area contributed by atoms with Crippen molar-refractivity contribution in [2.75, 3.05) is 19.7 Å². The Bertz CT molecular complexity index is 344. The van der Waals surface area contributed by atoms with E-state index in [0.717, 1.165) is 24.0 Å². The van der Waals surface area contributed by atoms with Crippen LogP contribution in [-0.4, -0.2) is 19.7 Å². The van der Waals surface area contributed by atoms with Crippen molar-refractivity contribution in [3.63, 3.8) is 0 Å². The summed E-state index contributed by atoms with van der Waals surface area (Å²) < 4.78 is 19.2. The number of nitrogens with one attached hydrogen (secondary N) is 1. The third kappa shape index (κ3) is 6.03. The van der Waals surface area contributed by atoms with Crippen LogP contribution in [-0.2, 0) is 0 Å². The Morgan fingerprint density at radius 2 is 2.18 bits per heavy atom. The summed E-state index contributed by atoms with van der Waals surface area (Å²) in [6.45, 7) is 6.88. The molecule has 0 fully saturated rings. The molecule has 2 nitrogen and oxygen atoms in total. The maximum Gasteiger partial charge on any atom is 0.136 e. The van der Waals surface area contributed by atoms with Gasteiger partial charge in [0.1, 0.15) is 11.6 Å². The summed E-state index contributed by atoms with van der Waals surface area (Å²) in [7, 11) is 0. The molecule has 0 saturated heterocycles. The van der Waals surface area contributed by atoms with Gasteiger partial charge in [-0.1, -0.05) is 13.8 Å². The van der Waals surface area contributed by atoms with E-state index in [4.69, 9.17) is 4.74 Å². The lowest BCUT2D eigenvalue weighted by Crippen LogP contribution is -2.22. The van der Waals surface area contributed by atoms with Gasteiger partial charge in [0.15, 0.2) is 0 Å². The highest BCUT2D eigenvalue weighted by Gasteiger charge is 2.02. The number of rotatable bonds is 7. The summed E-state index contributed by atoms with van der Waals surface area (Å²) >= 11 is 3.33. The van der Waals surface area contributed by atoms with Gasteiger partial charge in [0.25, 0.3) is 0 Å². The van der Waals surface area contributed by atoms with E-state index in [1.54, 1.807) is 6.07 Å². The molecule has 1 rings (SSSR count). The molecule has 0 atom stereocenters. The molecule has 0 aliphatic heterocycles. The van der Waals surface area contributed by atoms with Crippen molar-refractivity contribution in [2.24, 2.45) is 5.92 Å². The highest BCUT2D eigenvalue weighted by Crippen LogP contribution is 2.25. The van der Waals surface area contributed by atoms with Gasteiger partial charge in [-0.2, -0.15) is 0 Å². The summed E-state index contributed by atoms with van der Waals surface area (Å²) in [6.07, 6.45) is 0.912. The van der Waals surface area contributed by atoms with Crippen molar-refractivity contribution < 1.29 is 9.13 Å². The van der Waals surface area contributed by atoms with Gasteiger partial charge >= 0.3 is 0 Å². The topological polar surface area (TPSA) is 21.3 Å². The molecule has 0 spiro atoms. The SMILES string of the molecule is CC(C)CNCCCOc1cc(F)ccc1Br. The maximum absolute atomic E-state index is 13.0. The Labute approximate surface area is 111 Å². The van der Waals surface area contributed by atoms with Crippen molar-refractivity contribution in [3.05, 3.63) is 28.5 Å². The predicted octanol–water partition coefficient (Wildman–Crippen LogP) is 3.60. The van der Waals surface area contributed by atoms with Gasteiger partial charge in [0.05, 0.1) is 11.1 Å². The molecule has 0 aliphatic carbocycles. The fourth-order valence-electron chi connectivity index (χ4n) is 1.36. The van der Waals surface area contributed by atoms with Crippen LogP contribution >= 0.6 is 15.9 Å². The second kappa shape index (κ2) is 7.67. The molecule has 17 heavy (non-hydrogen) atoms. The van der Waals surface area contributed by atoms with Gasteiger partial charge in [-0.05, 0) is 53.5 Å². The first-order valence-corrected chi connectivity index (χ1v) is 6.67. The van der Waals surface area contributed by atoms with Crippen LogP contribution in [0.4, 0.5) is 4.39 Å². The number of benzene rings is 1. The second-order valence-electron chi connectivity index (χ2n) is 4.37. The minimum Gasteiger partial charge on any atom is -0.492 e. The number of ether oxygens (including phenoxy) is 1. The van der Waals surface area contributed by atoms with Gasteiger partial charge in [0, 0.05) is 6.07 Å². The molecule has 0 saturated carbocycles. The van der Waals surface area contributed by atoms with E-state index in [1.807, 2.05) is 0 Å². The van der Waals surface area contributed by atoms with Crippen LogP contribution < -0.4 is 10.1 Å². The molecule has 0 aliphatic rings. The van der Waals surface area contributed by atoms with E-state index in [0.29, 0.717) is 18.3 Å². The van der Waals surface area contributed by atoms with Crippen LogP contribution in [0.15, 0.2) is 22.7 Å². The molecule has 4 heteroatoms. The van der Waals surface area contributed by atoms with Gasteiger partial charge in [-0.25, -0.2) is 4.39 Å². The van der Waals surface area contributed by atoms with Crippen molar-refractivity contribution in [1.29, 1.82) is 0 Å². The predicted molar refractivity (Wildman–Crippen MR) is 71.9 cm³/mol. The molecule has 0 heterocycles. The van der Waals surface area contributed by atoms with E-state index in [2.05, 4.69) is 35.1 Å². The first kappa shape index (κ1) is 14.5. The van der Waals surface area contributed by atoms with E-state index < -0.39 is 0 Å². The van der Waals surface area contributed by atoms with Crippen LogP contribution in [0.2, 0.25) is 0 Å². The molecule has 0 aromatic heterocycles. The molecule has 96 valence electrons. The quantitative estimate of drug-likeness (QED) is 0.777. The first-order chi connectivity index (χ1) is 8.09. The van der Waals surface area contributed by atoms with E-state index >= 15 is 0 Å². The van der Waals surface area contributed by atoms with Crippen molar-refractivity contribution in [3.8, 4) is 5.75 Å². The van der Waals surface area contributed by atoms with Gasteiger partial charge < -0.3 is 10.1 Å². The third-order valence-electron chi connectivity index (χ3n) is 2.20. The zero-order valence-corrected chi connectivity index (χ0v) is 11.9. The van der Waals surface area contributed by atoms with E-state index in [9.17, 15) is 4.39 Å². The molecule has 1 aromatic carbocycles. The molecule has 1 N–H and O–H groups in total. The van der Waals surface area contributed by atoms with E-state index in [1.165, 1.54) is 12.1 Å². The highest BCUT2D eigenvalue weighted by molar-refractivity contribution is 9.10. The molecule has 0 radical (unpaired) electrons. The summed E-state index contributed by atoms with van der Waals surface area (Å²) in [5, 5.41) is 3.33. The number of hydrogen-bond donors (Lipinski definition) is 1. The van der Waals surface area contributed by atoms with E-state index in [-0.39, 0.29) is 5.82 Å². The molecule has 0 amide bonds. The number of hydrogen-bond acceptors (Lipinski definition) is 2. The second-order valence-corrected chi connectivity index (χ2v) is 5.23. The van der Waals surface area contributed by atoms with Crippen molar-refractivity contribution in [1.82, 2.24) is 5.32 Å². The van der Waals surface area contributed by atoms with Crippen LogP contribution in [0.3, 0.4) is 0 Å². The lowest BCUT2D eigenvalue weighted by atomic mass is 10.2. The zero-order valence-electron chi connectivity index (χ0n) is 10.3. The average molecular weight is 304 g/mol. The zero-order chi connectivity index (χ0) is 12.7. The fourth-order valence-corrected chi connectivity index (χ4v) is 1.72. The summed E-state index contributed by atoms with van der Waals surface area (Å²) in [5.41, 5.74) is 0. The minimum atomic E-state index is -0.277. The molecule has 1 aromatic rings. The van der Waals surface area contributed by atoms with Crippen LogP contribution in [0, 0.1) is 11.7 Å². The first-order valence-electron chi connectivity index (χ1n) is 5.88. The Hall–Kier alpha value is -0.610. The summed E-state index contributed by atoms with van der Waals surface area (Å²) in [6, 6.07) is 4.45. The normalized spacial score (nSPS) is 10.9. The average Bonchev–Trinajstić information content (AvgIpc) is 2.27. The monoisotopic (exact) mass is 303 g/mol. The molecule has 0 unspecified atom stereocenters. The Morgan fingerprint density at radius 3 is 2.88 bits per heavy atom. The lowest BCUT2D eigenvalue weighted by molar-refractivity contribution is 0.303. The molecule has 0 bridgehead atoms. The molecular formula is C13H19BrFNO. The lowest BCUT2D eigenvalue weighted by Gasteiger charge is -2.09. The van der Waals surface area contributed by atoms with Gasteiger partial charge in [0.2, 0.25) is 0 Å². The van der Waals surface area contributed by atoms with Crippen LogP contribution in [0.1, 0.15) is 20.3 Å². The van der Waals surface area contributed by atoms with Crippen molar-refractivity contribution >= 4 is 15.9 Å². The van der Waals surface area contributed by atoms with Crippen LogP contribution in [0.5, 0.6) is 5.75 Å². The highest BCUT2D eigenvalue weighted by atomic mass is 79.9. The Morgan fingerprint density at radius 1 is 1.41 bits per heavy atom.